The molecule has 0 N–H and O–H groups in total. The van der Waals surface area contributed by atoms with Gasteiger partial charge in [-0.2, -0.15) is 0 Å². The third-order valence-electron chi connectivity index (χ3n) is 2.49. The van der Waals surface area contributed by atoms with Crippen LogP contribution < -0.4 is 0 Å². The van der Waals surface area contributed by atoms with E-state index in [1.54, 1.807) is 22.5 Å². The first-order valence-corrected chi connectivity index (χ1v) is 6.61. The second-order valence-corrected chi connectivity index (χ2v) is 5.26. The minimum Gasteiger partial charge on any atom is -0.319 e. The molecule has 0 aromatic carbocycles. The van der Waals surface area contributed by atoms with E-state index in [1.807, 2.05) is 21.1 Å². The van der Waals surface area contributed by atoms with E-state index >= 15 is 0 Å². The van der Waals surface area contributed by atoms with Gasteiger partial charge in [-0.25, -0.2) is 4.98 Å². The molecule has 4 nitrogen and oxygen atoms in total. The fourth-order valence-electron chi connectivity index (χ4n) is 1.31. The summed E-state index contributed by atoms with van der Waals surface area (Å²) in [5.74, 6) is 0.813. The highest BCUT2D eigenvalue weighted by Gasteiger charge is 2.15. The molecule has 0 aliphatic carbocycles. The number of thioether (sulfide) groups is 1. The van der Waals surface area contributed by atoms with Crippen LogP contribution in [0.5, 0.6) is 0 Å². The minimum atomic E-state index is -0.126. The van der Waals surface area contributed by atoms with Gasteiger partial charge in [-0.05, 0) is 14.1 Å². The summed E-state index contributed by atoms with van der Waals surface area (Å²) < 4.78 is 1.80. The standard InChI is InChI=1S/C13H19N3OS/c1-6-10(2)12(17)11-9-14-13(16(11)5)18-8-7-15(3)4/h6,9H,1-2,7-8H2,3-5H3. The highest BCUT2D eigenvalue weighted by Crippen LogP contribution is 2.18. The predicted octanol–water partition coefficient (Wildman–Crippen LogP) is 2.00. The van der Waals surface area contributed by atoms with Crippen LogP contribution in [0.1, 0.15) is 10.5 Å². The van der Waals surface area contributed by atoms with Crippen LogP contribution in [0.3, 0.4) is 0 Å². The van der Waals surface area contributed by atoms with Gasteiger partial charge in [0.05, 0.1) is 6.20 Å². The lowest BCUT2D eigenvalue weighted by Gasteiger charge is -2.09. The molecule has 0 saturated heterocycles. The number of carbonyl (C=O) groups excluding carboxylic acids is 1. The Hall–Kier alpha value is -1.33. The molecule has 0 spiro atoms. The molecule has 0 radical (unpaired) electrons. The van der Waals surface area contributed by atoms with E-state index in [0.717, 1.165) is 17.5 Å². The molecule has 98 valence electrons. The molecule has 0 saturated carbocycles. The Bertz CT molecular complexity index is 463. The number of hydrogen-bond donors (Lipinski definition) is 0. The molecule has 0 aliphatic heterocycles. The molecule has 1 rings (SSSR count). The quantitative estimate of drug-likeness (QED) is 0.327. The highest BCUT2D eigenvalue weighted by molar-refractivity contribution is 7.99. The van der Waals surface area contributed by atoms with Gasteiger partial charge in [0, 0.05) is 24.9 Å². The molecule has 0 aliphatic rings. The van der Waals surface area contributed by atoms with Crippen LogP contribution >= 0.6 is 11.8 Å². The molecule has 1 aromatic heterocycles. The maximum Gasteiger partial charge on any atom is 0.210 e. The van der Waals surface area contributed by atoms with Gasteiger partial charge in [0.1, 0.15) is 5.69 Å². The molecular weight excluding hydrogens is 246 g/mol. The summed E-state index contributed by atoms with van der Waals surface area (Å²) in [5.41, 5.74) is 0.940. The largest absolute Gasteiger partial charge is 0.319 e. The fourth-order valence-corrected chi connectivity index (χ4v) is 2.37. The maximum absolute atomic E-state index is 11.9. The van der Waals surface area contributed by atoms with E-state index in [4.69, 9.17) is 0 Å². The van der Waals surface area contributed by atoms with Gasteiger partial charge in [0.25, 0.3) is 0 Å². The van der Waals surface area contributed by atoms with Crippen molar-refractivity contribution >= 4 is 17.5 Å². The predicted molar refractivity (Wildman–Crippen MR) is 76.2 cm³/mol. The molecule has 0 unspecified atom stereocenters. The lowest BCUT2D eigenvalue weighted by molar-refractivity contribution is 0.103. The summed E-state index contributed by atoms with van der Waals surface area (Å²) in [6.07, 6.45) is 3.06. The SMILES string of the molecule is C=CC(=C)C(=O)c1cnc(SCCN(C)C)n1C. The van der Waals surface area contributed by atoms with Gasteiger partial charge in [0.15, 0.2) is 5.16 Å². The maximum atomic E-state index is 11.9. The Morgan fingerprint density at radius 2 is 2.28 bits per heavy atom. The lowest BCUT2D eigenvalue weighted by Crippen LogP contribution is -2.15. The summed E-state index contributed by atoms with van der Waals surface area (Å²) in [6, 6.07) is 0. The lowest BCUT2D eigenvalue weighted by atomic mass is 10.1. The molecule has 18 heavy (non-hydrogen) atoms. The van der Waals surface area contributed by atoms with Crippen molar-refractivity contribution in [2.75, 3.05) is 26.4 Å². The van der Waals surface area contributed by atoms with Gasteiger partial charge in [-0.15, -0.1) is 0 Å². The molecular formula is C13H19N3OS. The minimum absolute atomic E-state index is 0.126. The van der Waals surface area contributed by atoms with Crippen molar-refractivity contribution in [2.24, 2.45) is 7.05 Å². The highest BCUT2D eigenvalue weighted by atomic mass is 32.2. The summed E-state index contributed by atoms with van der Waals surface area (Å²) in [6.45, 7) is 8.19. The Balaban J connectivity index is 2.75. The molecule has 1 aromatic rings. The summed E-state index contributed by atoms with van der Waals surface area (Å²) in [7, 11) is 5.90. The number of carbonyl (C=O) groups is 1. The molecule has 0 atom stereocenters. The van der Waals surface area contributed by atoms with E-state index in [0.29, 0.717) is 11.3 Å². The Morgan fingerprint density at radius 1 is 1.61 bits per heavy atom. The Morgan fingerprint density at radius 3 is 2.83 bits per heavy atom. The summed E-state index contributed by atoms with van der Waals surface area (Å²) in [5, 5.41) is 0.845. The van der Waals surface area contributed by atoms with Gasteiger partial charge in [0.2, 0.25) is 5.78 Å². The topological polar surface area (TPSA) is 38.1 Å². The number of allylic oxidation sites excluding steroid dienone is 2. The van der Waals surface area contributed by atoms with E-state index < -0.39 is 0 Å². The van der Waals surface area contributed by atoms with Gasteiger partial charge in [-0.3, -0.25) is 4.79 Å². The molecule has 0 amide bonds. The zero-order valence-electron chi connectivity index (χ0n) is 11.1. The zero-order chi connectivity index (χ0) is 13.7. The van der Waals surface area contributed by atoms with Crippen molar-refractivity contribution in [1.29, 1.82) is 0 Å². The zero-order valence-corrected chi connectivity index (χ0v) is 12.0. The van der Waals surface area contributed by atoms with Crippen molar-refractivity contribution < 1.29 is 4.79 Å². The molecule has 0 bridgehead atoms. The number of ketones is 1. The second kappa shape index (κ2) is 6.56. The van der Waals surface area contributed by atoms with Gasteiger partial charge < -0.3 is 9.47 Å². The normalized spacial score (nSPS) is 10.7. The number of Topliss-reactive ketones (excluding diaryl/α,β-unsaturated/α-hetero) is 1. The summed E-state index contributed by atoms with van der Waals surface area (Å²) in [4.78, 5) is 18.3. The number of rotatable bonds is 7. The average Bonchev–Trinajstić information content (AvgIpc) is 2.69. The van der Waals surface area contributed by atoms with Crippen LogP contribution in [0.2, 0.25) is 0 Å². The number of nitrogens with zero attached hydrogens (tertiary/aromatic N) is 3. The summed E-state index contributed by atoms with van der Waals surface area (Å²) >= 11 is 1.64. The smallest absolute Gasteiger partial charge is 0.210 e. The Labute approximate surface area is 112 Å². The van der Waals surface area contributed by atoms with Crippen molar-refractivity contribution in [1.82, 2.24) is 14.5 Å². The number of aromatic nitrogens is 2. The molecule has 0 fully saturated rings. The van der Waals surface area contributed by atoms with Crippen molar-refractivity contribution in [3.8, 4) is 0 Å². The average molecular weight is 265 g/mol. The first-order chi connectivity index (χ1) is 8.47. The third kappa shape index (κ3) is 3.58. The van der Waals surface area contributed by atoms with Gasteiger partial charge >= 0.3 is 0 Å². The van der Waals surface area contributed by atoms with Crippen LogP contribution in [0, 0.1) is 0 Å². The fraction of sp³-hybridized carbons (Fsp3) is 0.385. The van der Waals surface area contributed by atoms with Crippen LogP contribution in [0.4, 0.5) is 0 Å². The van der Waals surface area contributed by atoms with Crippen LogP contribution in [0.15, 0.2) is 36.2 Å². The van der Waals surface area contributed by atoms with Crippen molar-refractivity contribution in [3.63, 3.8) is 0 Å². The molecule has 5 heteroatoms. The third-order valence-corrected chi connectivity index (χ3v) is 3.51. The monoisotopic (exact) mass is 265 g/mol. The van der Waals surface area contributed by atoms with Gasteiger partial charge in [-0.1, -0.05) is 31.0 Å². The van der Waals surface area contributed by atoms with Crippen molar-refractivity contribution in [2.45, 2.75) is 5.16 Å². The number of hydrogen-bond acceptors (Lipinski definition) is 4. The number of imidazole rings is 1. The van der Waals surface area contributed by atoms with E-state index in [-0.39, 0.29) is 5.78 Å². The second-order valence-electron chi connectivity index (χ2n) is 4.20. The van der Waals surface area contributed by atoms with Crippen LogP contribution in [-0.4, -0.2) is 46.6 Å². The Kier molecular flexibility index (Phi) is 5.37. The van der Waals surface area contributed by atoms with E-state index in [9.17, 15) is 4.79 Å². The molecule has 1 heterocycles. The first-order valence-electron chi connectivity index (χ1n) is 5.62. The van der Waals surface area contributed by atoms with Crippen molar-refractivity contribution in [3.05, 3.63) is 36.7 Å². The van der Waals surface area contributed by atoms with Crippen LogP contribution in [0.25, 0.3) is 0 Å². The van der Waals surface area contributed by atoms with E-state index in [2.05, 4.69) is 23.0 Å². The van der Waals surface area contributed by atoms with Crippen LogP contribution in [-0.2, 0) is 7.05 Å². The first kappa shape index (κ1) is 14.7. The van der Waals surface area contributed by atoms with E-state index in [1.165, 1.54) is 6.08 Å².